The lowest BCUT2D eigenvalue weighted by Gasteiger charge is -2.06. The number of aryl methyl sites for hydroxylation is 1. The Labute approximate surface area is 100 Å². The van der Waals surface area contributed by atoms with Crippen LogP contribution in [0.4, 0.5) is 0 Å². The molecule has 4 heteroatoms. The third-order valence-corrected chi connectivity index (χ3v) is 2.58. The fourth-order valence-corrected chi connectivity index (χ4v) is 1.46. The molecule has 0 heterocycles. The fourth-order valence-electron chi connectivity index (χ4n) is 1.27. The van der Waals surface area contributed by atoms with Gasteiger partial charge in [0.1, 0.15) is 5.75 Å². The van der Waals surface area contributed by atoms with Crippen molar-refractivity contribution in [1.29, 1.82) is 0 Å². The lowest BCUT2D eigenvalue weighted by molar-refractivity contribution is 0.0953. The lowest BCUT2D eigenvalue weighted by atomic mass is 10.1. The second kappa shape index (κ2) is 6.38. The van der Waals surface area contributed by atoms with E-state index < -0.39 is 0 Å². The number of carbonyl (C=O) groups is 1. The Morgan fingerprint density at radius 2 is 2.19 bits per heavy atom. The Kier molecular flexibility index (Phi) is 5.12. The van der Waals surface area contributed by atoms with E-state index in [-0.39, 0.29) is 11.7 Å². The number of hydrogen-bond acceptors (Lipinski definition) is 2. The number of nitrogens with one attached hydrogen (secondary N) is 1. The van der Waals surface area contributed by atoms with E-state index in [1.807, 2.05) is 0 Å². The van der Waals surface area contributed by atoms with E-state index in [1.165, 1.54) is 6.07 Å². The summed E-state index contributed by atoms with van der Waals surface area (Å²) in [4.78, 5) is 11.6. The molecule has 0 saturated carbocycles. The van der Waals surface area contributed by atoms with E-state index in [0.29, 0.717) is 18.0 Å². The maximum absolute atomic E-state index is 11.6. The summed E-state index contributed by atoms with van der Waals surface area (Å²) in [6.07, 6.45) is 1.76. The molecule has 0 bridgehead atoms. The molecule has 3 nitrogen and oxygen atoms in total. The van der Waals surface area contributed by atoms with Gasteiger partial charge in [0.25, 0.3) is 5.91 Å². The number of rotatable bonds is 5. The van der Waals surface area contributed by atoms with Gasteiger partial charge in [0.2, 0.25) is 0 Å². The second-order valence-corrected chi connectivity index (χ2v) is 4.03. The van der Waals surface area contributed by atoms with Crippen molar-refractivity contribution >= 4 is 17.5 Å². The van der Waals surface area contributed by atoms with Crippen molar-refractivity contribution in [2.75, 3.05) is 12.4 Å². The zero-order chi connectivity index (χ0) is 12.0. The number of amides is 1. The monoisotopic (exact) mass is 241 g/mol. The van der Waals surface area contributed by atoms with Crippen molar-refractivity contribution in [2.24, 2.45) is 0 Å². The standard InChI is InChI=1S/C12H16ClNO2/c1-9-4-5-10(8-11(9)15)12(16)14-7-3-2-6-13/h4-5,8,15H,2-3,6-7H2,1H3,(H,14,16). The molecule has 1 amide bonds. The third kappa shape index (κ3) is 3.74. The molecule has 88 valence electrons. The van der Waals surface area contributed by atoms with Gasteiger partial charge in [0, 0.05) is 18.0 Å². The molecular weight excluding hydrogens is 226 g/mol. The summed E-state index contributed by atoms with van der Waals surface area (Å²) in [6.45, 7) is 2.40. The number of phenolic OH excluding ortho intramolecular Hbond substituents is 1. The molecule has 0 atom stereocenters. The molecule has 0 saturated heterocycles. The maximum Gasteiger partial charge on any atom is 0.251 e. The first-order chi connectivity index (χ1) is 7.65. The van der Waals surface area contributed by atoms with Crippen LogP contribution in [-0.2, 0) is 0 Å². The average Bonchev–Trinajstić information content (AvgIpc) is 2.28. The van der Waals surface area contributed by atoms with Crippen LogP contribution < -0.4 is 5.32 Å². The van der Waals surface area contributed by atoms with Crippen LogP contribution in [0.3, 0.4) is 0 Å². The highest BCUT2D eigenvalue weighted by atomic mass is 35.5. The molecule has 1 aromatic carbocycles. The zero-order valence-electron chi connectivity index (χ0n) is 9.29. The number of carbonyl (C=O) groups excluding carboxylic acids is 1. The second-order valence-electron chi connectivity index (χ2n) is 3.65. The molecular formula is C12H16ClNO2. The number of phenols is 1. The van der Waals surface area contributed by atoms with Crippen LogP contribution in [0.1, 0.15) is 28.8 Å². The fraction of sp³-hybridized carbons (Fsp3) is 0.417. The Bertz CT molecular complexity index is 366. The van der Waals surface area contributed by atoms with Crippen molar-refractivity contribution in [3.05, 3.63) is 29.3 Å². The topological polar surface area (TPSA) is 49.3 Å². The minimum absolute atomic E-state index is 0.147. The van der Waals surface area contributed by atoms with Crippen LogP contribution >= 0.6 is 11.6 Å². The molecule has 0 unspecified atom stereocenters. The molecule has 0 aromatic heterocycles. The first-order valence-corrected chi connectivity index (χ1v) is 5.82. The molecule has 2 N–H and O–H groups in total. The van der Waals surface area contributed by atoms with Crippen molar-refractivity contribution in [2.45, 2.75) is 19.8 Å². The Balaban J connectivity index is 2.50. The summed E-state index contributed by atoms with van der Waals surface area (Å²) in [5, 5.41) is 12.2. The van der Waals surface area contributed by atoms with Gasteiger partial charge in [-0.15, -0.1) is 11.6 Å². The quantitative estimate of drug-likeness (QED) is 0.615. The summed E-state index contributed by atoms with van der Waals surface area (Å²) in [5.74, 6) is 0.597. The van der Waals surface area contributed by atoms with Crippen LogP contribution in [0, 0.1) is 6.92 Å². The van der Waals surface area contributed by atoms with E-state index in [1.54, 1.807) is 19.1 Å². The van der Waals surface area contributed by atoms with Gasteiger partial charge in [0.15, 0.2) is 0 Å². The molecule has 0 aliphatic rings. The van der Waals surface area contributed by atoms with Crippen molar-refractivity contribution < 1.29 is 9.90 Å². The molecule has 0 fully saturated rings. The van der Waals surface area contributed by atoms with Crippen LogP contribution in [0.5, 0.6) is 5.75 Å². The molecule has 0 spiro atoms. The number of hydrogen-bond donors (Lipinski definition) is 2. The molecule has 0 radical (unpaired) electrons. The molecule has 1 rings (SSSR count). The van der Waals surface area contributed by atoms with Crippen LogP contribution in [0.15, 0.2) is 18.2 Å². The van der Waals surface area contributed by atoms with Crippen LogP contribution in [0.2, 0.25) is 0 Å². The first-order valence-electron chi connectivity index (χ1n) is 5.29. The van der Waals surface area contributed by atoms with E-state index in [2.05, 4.69) is 5.32 Å². The Morgan fingerprint density at radius 3 is 2.81 bits per heavy atom. The zero-order valence-corrected chi connectivity index (χ0v) is 10.0. The summed E-state index contributed by atoms with van der Waals surface area (Å²) in [5.41, 5.74) is 1.24. The highest BCUT2D eigenvalue weighted by molar-refractivity contribution is 6.17. The van der Waals surface area contributed by atoms with Gasteiger partial charge in [-0.25, -0.2) is 0 Å². The van der Waals surface area contributed by atoms with Gasteiger partial charge in [-0.2, -0.15) is 0 Å². The largest absolute Gasteiger partial charge is 0.508 e. The van der Waals surface area contributed by atoms with Gasteiger partial charge in [0.05, 0.1) is 0 Å². The molecule has 16 heavy (non-hydrogen) atoms. The van der Waals surface area contributed by atoms with Gasteiger partial charge in [-0.05, 0) is 37.5 Å². The van der Waals surface area contributed by atoms with Crippen molar-refractivity contribution in [3.63, 3.8) is 0 Å². The van der Waals surface area contributed by atoms with Crippen LogP contribution in [-0.4, -0.2) is 23.4 Å². The number of benzene rings is 1. The third-order valence-electron chi connectivity index (χ3n) is 2.32. The van der Waals surface area contributed by atoms with Crippen molar-refractivity contribution in [3.8, 4) is 5.75 Å². The average molecular weight is 242 g/mol. The van der Waals surface area contributed by atoms with Gasteiger partial charge >= 0.3 is 0 Å². The predicted molar refractivity (Wildman–Crippen MR) is 65.1 cm³/mol. The minimum Gasteiger partial charge on any atom is -0.508 e. The number of halogens is 1. The van der Waals surface area contributed by atoms with E-state index in [0.717, 1.165) is 18.4 Å². The molecule has 0 aliphatic heterocycles. The normalized spacial score (nSPS) is 10.1. The SMILES string of the molecule is Cc1ccc(C(=O)NCCCCCl)cc1O. The van der Waals surface area contributed by atoms with E-state index in [9.17, 15) is 9.90 Å². The maximum atomic E-state index is 11.6. The number of alkyl halides is 1. The van der Waals surface area contributed by atoms with Crippen LogP contribution in [0.25, 0.3) is 0 Å². The predicted octanol–water partition coefficient (Wildman–Crippen LogP) is 2.45. The van der Waals surface area contributed by atoms with E-state index in [4.69, 9.17) is 11.6 Å². The molecule has 0 aliphatic carbocycles. The lowest BCUT2D eigenvalue weighted by Crippen LogP contribution is -2.24. The van der Waals surface area contributed by atoms with E-state index >= 15 is 0 Å². The van der Waals surface area contributed by atoms with Gasteiger partial charge in [-0.3, -0.25) is 4.79 Å². The summed E-state index contributed by atoms with van der Waals surface area (Å²) >= 11 is 5.53. The Hall–Kier alpha value is -1.22. The first kappa shape index (κ1) is 12.8. The summed E-state index contributed by atoms with van der Waals surface area (Å²) < 4.78 is 0. The summed E-state index contributed by atoms with van der Waals surface area (Å²) in [6, 6.07) is 4.90. The highest BCUT2D eigenvalue weighted by Gasteiger charge is 2.06. The highest BCUT2D eigenvalue weighted by Crippen LogP contribution is 2.17. The Morgan fingerprint density at radius 1 is 1.44 bits per heavy atom. The number of unbranched alkanes of at least 4 members (excludes halogenated alkanes) is 1. The summed E-state index contributed by atoms with van der Waals surface area (Å²) in [7, 11) is 0. The van der Waals surface area contributed by atoms with Gasteiger partial charge in [-0.1, -0.05) is 6.07 Å². The van der Waals surface area contributed by atoms with Crippen molar-refractivity contribution in [1.82, 2.24) is 5.32 Å². The molecule has 1 aromatic rings. The number of aromatic hydroxyl groups is 1. The smallest absolute Gasteiger partial charge is 0.251 e. The van der Waals surface area contributed by atoms with Gasteiger partial charge < -0.3 is 10.4 Å². The minimum atomic E-state index is -0.162.